The van der Waals surface area contributed by atoms with Crippen LogP contribution in [0.25, 0.3) is 11.0 Å². The zero-order valence-corrected chi connectivity index (χ0v) is 16.9. The first-order valence-corrected chi connectivity index (χ1v) is 9.29. The second kappa shape index (κ2) is 5.46. The summed E-state index contributed by atoms with van der Waals surface area (Å²) in [6.45, 7) is 13.4. The highest BCUT2D eigenvalue weighted by Crippen LogP contribution is 2.41. The Morgan fingerprint density at radius 3 is 2.41 bits per heavy atom. The van der Waals surface area contributed by atoms with Crippen molar-refractivity contribution in [3.63, 3.8) is 0 Å². The summed E-state index contributed by atoms with van der Waals surface area (Å²) < 4.78 is 35.1. The number of nitrogens with zero attached hydrogens (tertiary/aromatic N) is 2. The van der Waals surface area contributed by atoms with Crippen molar-refractivity contribution in [3.8, 4) is 5.75 Å². The molecule has 1 N–H and O–H groups in total. The van der Waals surface area contributed by atoms with Crippen molar-refractivity contribution in [3.05, 3.63) is 17.7 Å². The Morgan fingerprint density at radius 2 is 1.85 bits per heavy atom. The van der Waals surface area contributed by atoms with Crippen LogP contribution in [0.4, 0.5) is 4.39 Å². The topological polar surface area (TPSA) is 65.7 Å². The highest BCUT2D eigenvalue weighted by atomic mass is 19.1. The lowest BCUT2D eigenvalue weighted by atomic mass is 9.77. The molecule has 1 saturated heterocycles. The van der Waals surface area contributed by atoms with Crippen molar-refractivity contribution in [1.29, 1.82) is 0 Å². The van der Waals surface area contributed by atoms with Crippen LogP contribution >= 0.6 is 0 Å². The summed E-state index contributed by atoms with van der Waals surface area (Å²) in [7, 11) is -0.744. The van der Waals surface area contributed by atoms with Crippen molar-refractivity contribution in [2.24, 2.45) is 0 Å². The number of aromatic nitrogens is 2. The third kappa shape index (κ3) is 2.61. The van der Waals surface area contributed by atoms with Gasteiger partial charge >= 0.3 is 7.12 Å². The smallest absolute Gasteiger partial charge is 0.490 e. The molecule has 27 heavy (non-hydrogen) atoms. The number of rotatable bonds is 2. The van der Waals surface area contributed by atoms with E-state index in [-0.39, 0.29) is 11.6 Å². The molecule has 0 aliphatic carbocycles. The molecule has 2 aliphatic heterocycles. The Balaban J connectivity index is 1.96. The molecule has 0 saturated carbocycles. The first-order chi connectivity index (χ1) is 12.3. The van der Waals surface area contributed by atoms with Gasteiger partial charge in [-0.05, 0) is 54.5 Å². The summed E-state index contributed by atoms with van der Waals surface area (Å²) in [5, 5.41) is 10.5. The number of hydrogen-bond acceptors (Lipinski definition) is 5. The van der Waals surface area contributed by atoms with Gasteiger partial charge in [0, 0.05) is 5.46 Å². The Kier molecular flexibility index (Phi) is 3.78. The lowest BCUT2D eigenvalue weighted by molar-refractivity contribution is 0.00578. The number of hydrogen-bond donors (Lipinski definition) is 1. The van der Waals surface area contributed by atoms with Gasteiger partial charge in [0.2, 0.25) is 0 Å². The molecule has 4 rings (SSSR count). The molecule has 8 heteroatoms. The van der Waals surface area contributed by atoms with E-state index in [9.17, 15) is 5.11 Å². The molecule has 0 unspecified atom stereocenters. The number of benzene rings is 1. The van der Waals surface area contributed by atoms with E-state index in [0.717, 1.165) is 0 Å². The van der Waals surface area contributed by atoms with E-state index in [1.54, 1.807) is 13.8 Å². The van der Waals surface area contributed by atoms with Gasteiger partial charge in [-0.25, -0.2) is 9.37 Å². The van der Waals surface area contributed by atoms with Gasteiger partial charge in [0.1, 0.15) is 34.8 Å². The molecule has 2 aliphatic rings. The minimum Gasteiger partial charge on any atom is -0.490 e. The van der Waals surface area contributed by atoms with Crippen LogP contribution in [0, 0.1) is 5.82 Å². The largest absolute Gasteiger partial charge is 0.498 e. The van der Waals surface area contributed by atoms with E-state index in [4.69, 9.17) is 14.0 Å². The SMILES string of the molecule is C[C@H]1COc2c(B3OC(C)(C)C(C)(C)O3)cc(F)c3nc(C(C)(C)O)n1c23. The van der Waals surface area contributed by atoms with E-state index in [2.05, 4.69) is 4.98 Å². The van der Waals surface area contributed by atoms with Crippen LogP contribution in [0.1, 0.15) is 60.3 Å². The molecule has 0 spiro atoms. The van der Waals surface area contributed by atoms with E-state index < -0.39 is 29.7 Å². The monoisotopic (exact) mass is 376 g/mol. The first-order valence-electron chi connectivity index (χ1n) is 9.29. The van der Waals surface area contributed by atoms with Crippen LogP contribution in [0.3, 0.4) is 0 Å². The minimum absolute atomic E-state index is 0.0862. The first kappa shape index (κ1) is 18.7. The molecule has 1 atom stereocenters. The summed E-state index contributed by atoms with van der Waals surface area (Å²) in [6, 6.07) is 1.29. The summed E-state index contributed by atoms with van der Waals surface area (Å²) in [6.07, 6.45) is 0. The van der Waals surface area contributed by atoms with Gasteiger partial charge in [0.15, 0.2) is 5.82 Å². The third-order valence-corrected chi connectivity index (χ3v) is 5.86. The van der Waals surface area contributed by atoms with Crippen molar-refractivity contribution >= 4 is 23.6 Å². The maximum absolute atomic E-state index is 15.0. The predicted octanol–water partition coefficient (Wildman–Crippen LogP) is 2.66. The van der Waals surface area contributed by atoms with Gasteiger partial charge in [-0.1, -0.05) is 0 Å². The number of ether oxygens (including phenoxy) is 1. The third-order valence-electron chi connectivity index (χ3n) is 5.86. The highest BCUT2D eigenvalue weighted by Gasteiger charge is 2.53. The lowest BCUT2D eigenvalue weighted by Crippen LogP contribution is -2.41. The van der Waals surface area contributed by atoms with Crippen molar-refractivity contribution < 1.29 is 23.5 Å². The predicted molar refractivity (Wildman–Crippen MR) is 101 cm³/mol. The van der Waals surface area contributed by atoms with Gasteiger partial charge in [0.25, 0.3) is 0 Å². The average Bonchev–Trinajstić information content (AvgIpc) is 3.02. The molecule has 1 aromatic carbocycles. The van der Waals surface area contributed by atoms with Crippen molar-refractivity contribution in [2.45, 2.75) is 71.3 Å². The molecular weight excluding hydrogens is 350 g/mol. The lowest BCUT2D eigenvalue weighted by Gasteiger charge is -2.32. The molecule has 3 heterocycles. The Labute approximate surface area is 158 Å². The van der Waals surface area contributed by atoms with Crippen LogP contribution in [0.5, 0.6) is 5.75 Å². The molecular formula is C19H26BFN2O4. The van der Waals surface area contributed by atoms with Crippen molar-refractivity contribution in [1.82, 2.24) is 9.55 Å². The molecule has 146 valence electrons. The molecule has 0 amide bonds. The molecule has 6 nitrogen and oxygen atoms in total. The standard InChI is InChI=1S/C19H26BFN2O4/c1-10-9-25-15-11(20-26-18(4,5)19(6,7)27-20)8-12(21)13-14(15)23(10)16(22-13)17(2,3)24/h8,10,24H,9H2,1-7H3/t10-/m0/s1. The molecule has 0 radical (unpaired) electrons. The summed E-state index contributed by atoms with van der Waals surface area (Å²) in [5.41, 5.74) is -1.07. The van der Waals surface area contributed by atoms with Crippen LogP contribution < -0.4 is 10.2 Å². The molecule has 2 aromatic rings. The minimum atomic E-state index is -1.21. The van der Waals surface area contributed by atoms with Gasteiger partial charge in [-0.2, -0.15) is 0 Å². The fourth-order valence-electron chi connectivity index (χ4n) is 3.66. The maximum Gasteiger partial charge on any atom is 0.498 e. The molecule has 0 bridgehead atoms. The van der Waals surface area contributed by atoms with Crippen LogP contribution in [-0.4, -0.2) is 39.6 Å². The van der Waals surface area contributed by atoms with Crippen LogP contribution in [-0.2, 0) is 14.9 Å². The number of halogens is 1. The number of imidazole rings is 1. The van der Waals surface area contributed by atoms with Crippen molar-refractivity contribution in [2.75, 3.05) is 6.61 Å². The van der Waals surface area contributed by atoms with Gasteiger partial charge in [0.05, 0.1) is 17.2 Å². The fourth-order valence-corrected chi connectivity index (χ4v) is 3.66. The average molecular weight is 376 g/mol. The quantitative estimate of drug-likeness (QED) is 0.817. The zero-order chi connectivity index (χ0) is 19.9. The second-order valence-corrected chi connectivity index (χ2v) is 9.09. The molecule has 1 aromatic heterocycles. The van der Waals surface area contributed by atoms with Gasteiger partial charge in [-0.15, -0.1) is 0 Å². The van der Waals surface area contributed by atoms with Crippen LogP contribution in [0.15, 0.2) is 6.07 Å². The fraction of sp³-hybridized carbons (Fsp3) is 0.632. The number of aliphatic hydroxyl groups is 1. The Hall–Kier alpha value is -1.64. The maximum atomic E-state index is 15.0. The summed E-state index contributed by atoms with van der Waals surface area (Å²) in [4.78, 5) is 4.41. The zero-order valence-electron chi connectivity index (χ0n) is 16.9. The summed E-state index contributed by atoms with van der Waals surface area (Å²) in [5.74, 6) is 0.436. The van der Waals surface area contributed by atoms with Gasteiger partial charge in [-0.3, -0.25) is 0 Å². The Bertz CT molecular complexity index is 916. The van der Waals surface area contributed by atoms with E-state index in [1.165, 1.54) is 6.07 Å². The summed E-state index contributed by atoms with van der Waals surface area (Å²) >= 11 is 0. The second-order valence-electron chi connectivity index (χ2n) is 9.09. The normalized spacial score (nSPS) is 23.7. The highest BCUT2D eigenvalue weighted by molar-refractivity contribution is 6.63. The van der Waals surface area contributed by atoms with E-state index in [0.29, 0.717) is 29.2 Å². The molecule has 1 fully saturated rings. The van der Waals surface area contributed by atoms with Gasteiger partial charge < -0.3 is 23.7 Å². The Morgan fingerprint density at radius 1 is 1.26 bits per heavy atom. The van der Waals surface area contributed by atoms with Crippen LogP contribution in [0.2, 0.25) is 0 Å². The van der Waals surface area contributed by atoms with E-state index >= 15 is 4.39 Å². The van der Waals surface area contributed by atoms with E-state index in [1.807, 2.05) is 39.2 Å².